The summed E-state index contributed by atoms with van der Waals surface area (Å²) in [5.74, 6) is 0.803. The molecule has 29 heavy (non-hydrogen) atoms. The summed E-state index contributed by atoms with van der Waals surface area (Å²) in [7, 11) is 0. The molecule has 3 heterocycles. The molecule has 9 heteroatoms. The fourth-order valence-corrected chi connectivity index (χ4v) is 5.21. The SMILES string of the molecule is O=C(C1CC(C2CC2)NN1)N1CCc2nc(-c3ccc(C(F)(F)F)cc3)sc2C1. The number of halogens is 3. The van der Waals surface area contributed by atoms with E-state index in [1.807, 2.05) is 4.90 Å². The maximum Gasteiger partial charge on any atom is 0.416 e. The standard InChI is InChI=1S/C20H21F3N4OS/c21-20(22,23)13-5-3-12(4-6-13)18-24-14-7-8-27(10-17(14)29-18)19(28)16-9-15(25-26-16)11-1-2-11/h3-6,11,15-16,25-26H,1-2,7-10H2. The van der Waals surface area contributed by atoms with Crippen molar-refractivity contribution >= 4 is 17.2 Å². The van der Waals surface area contributed by atoms with Gasteiger partial charge in [0.05, 0.1) is 17.8 Å². The first-order valence-electron chi connectivity index (χ1n) is 9.84. The summed E-state index contributed by atoms with van der Waals surface area (Å²) in [5, 5.41) is 0.701. The van der Waals surface area contributed by atoms with Gasteiger partial charge in [0.15, 0.2) is 0 Å². The number of benzene rings is 1. The average molecular weight is 422 g/mol. The van der Waals surface area contributed by atoms with Crippen molar-refractivity contribution in [3.8, 4) is 10.6 Å². The lowest BCUT2D eigenvalue weighted by atomic mass is 10.0. The Morgan fingerprint density at radius 1 is 1.17 bits per heavy atom. The van der Waals surface area contributed by atoms with E-state index in [4.69, 9.17) is 0 Å². The second-order valence-corrected chi connectivity index (χ2v) is 9.08. The number of fused-ring (bicyclic) bond motifs is 1. The highest BCUT2D eigenvalue weighted by atomic mass is 32.1. The van der Waals surface area contributed by atoms with E-state index in [2.05, 4.69) is 15.8 Å². The van der Waals surface area contributed by atoms with Crippen molar-refractivity contribution in [2.24, 2.45) is 5.92 Å². The van der Waals surface area contributed by atoms with Crippen molar-refractivity contribution in [2.75, 3.05) is 6.54 Å². The molecule has 2 aliphatic heterocycles. The largest absolute Gasteiger partial charge is 0.416 e. The lowest BCUT2D eigenvalue weighted by Gasteiger charge is -2.28. The summed E-state index contributed by atoms with van der Waals surface area (Å²) in [6.07, 6.45) is -0.373. The molecule has 0 radical (unpaired) electrons. The topological polar surface area (TPSA) is 57.3 Å². The van der Waals surface area contributed by atoms with Crippen molar-refractivity contribution < 1.29 is 18.0 Å². The van der Waals surface area contributed by atoms with Gasteiger partial charge in [-0.3, -0.25) is 10.2 Å². The maximum absolute atomic E-state index is 12.9. The summed E-state index contributed by atoms with van der Waals surface area (Å²) in [4.78, 5) is 20.4. The average Bonchev–Trinajstić information content (AvgIpc) is 3.27. The molecule has 154 valence electrons. The fraction of sp³-hybridized carbons (Fsp3) is 0.500. The van der Waals surface area contributed by atoms with Crippen LogP contribution in [0, 0.1) is 5.92 Å². The zero-order valence-electron chi connectivity index (χ0n) is 15.6. The van der Waals surface area contributed by atoms with E-state index in [9.17, 15) is 18.0 Å². The van der Waals surface area contributed by atoms with E-state index < -0.39 is 11.7 Å². The Morgan fingerprint density at radius 3 is 2.62 bits per heavy atom. The van der Waals surface area contributed by atoms with Crippen LogP contribution in [0.5, 0.6) is 0 Å². The minimum absolute atomic E-state index is 0.107. The lowest BCUT2D eigenvalue weighted by Crippen LogP contribution is -2.47. The first-order valence-corrected chi connectivity index (χ1v) is 10.7. The molecule has 1 saturated carbocycles. The smallest absolute Gasteiger partial charge is 0.336 e. The van der Waals surface area contributed by atoms with Crippen LogP contribution in [0.3, 0.4) is 0 Å². The molecule has 1 saturated heterocycles. The summed E-state index contributed by atoms with van der Waals surface area (Å²) in [5.41, 5.74) is 7.37. The van der Waals surface area contributed by atoms with E-state index in [-0.39, 0.29) is 11.9 Å². The minimum Gasteiger partial charge on any atom is -0.336 e. The van der Waals surface area contributed by atoms with Crippen LogP contribution in [0.1, 0.15) is 35.4 Å². The number of hydrogen-bond acceptors (Lipinski definition) is 5. The summed E-state index contributed by atoms with van der Waals surface area (Å²) < 4.78 is 38.3. The van der Waals surface area contributed by atoms with Gasteiger partial charge in [-0.1, -0.05) is 12.1 Å². The Morgan fingerprint density at radius 2 is 1.93 bits per heavy atom. The number of thiazole rings is 1. The van der Waals surface area contributed by atoms with E-state index in [1.165, 1.54) is 36.3 Å². The highest BCUT2D eigenvalue weighted by Crippen LogP contribution is 2.37. The Bertz CT molecular complexity index is 923. The van der Waals surface area contributed by atoms with Gasteiger partial charge in [-0.25, -0.2) is 10.4 Å². The van der Waals surface area contributed by atoms with E-state index in [0.717, 1.165) is 29.1 Å². The van der Waals surface area contributed by atoms with Crippen molar-refractivity contribution in [3.63, 3.8) is 0 Å². The van der Waals surface area contributed by atoms with E-state index >= 15 is 0 Å². The van der Waals surface area contributed by atoms with Gasteiger partial charge in [-0.2, -0.15) is 13.2 Å². The van der Waals surface area contributed by atoms with Gasteiger partial charge in [0.25, 0.3) is 0 Å². The predicted molar refractivity (Wildman–Crippen MR) is 103 cm³/mol. The summed E-state index contributed by atoms with van der Waals surface area (Å²) in [6, 6.07) is 5.29. The Kier molecular flexibility index (Phi) is 4.64. The first-order chi connectivity index (χ1) is 13.9. The summed E-state index contributed by atoms with van der Waals surface area (Å²) >= 11 is 1.46. The van der Waals surface area contributed by atoms with Gasteiger partial charge in [-0.05, 0) is 37.3 Å². The highest BCUT2D eigenvalue weighted by Gasteiger charge is 2.40. The van der Waals surface area contributed by atoms with Crippen LogP contribution in [0.4, 0.5) is 13.2 Å². The zero-order chi connectivity index (χ0) is 20.2. The Labute approximate surface area is 170 Å². The number of hydrogen-bond donors (Lipinski definition) is 2. The molecule has 0 spiro atoms. The van der Waals surface area contributed by atoms with Gasteiger partial charge in [0.2, 0.25) is 5.91 Å². The minimum atomic E-state index is -4.34. The molecule has 1 aliphatic carbocycles. The van der Waals surface area contributed by atoms with Crippen LogP contribution in [0.15, 0.2) is 24.3 Å². The molecule has 5 rings (SSSR count). The Hall–Kier alpha value is -1.97. The van der Waals surface area contributed by atoms with Crippen molar-refractivity contribution in [2.45, 2.75) is 50.5 Å². The van der Waals surface area contributed by atoms with Gasteiger partial charge in [-0.15, -0.1) is 11.3 Å². The van der Waals surface area contributed by atoms with Crippen LogP contribution in [0.25, 0.3) is 10.6 Å². The van der Waals surface area contributed by atoms with Crippen LogP contribution < -0.4 is 10.9 Å². The number of alkyl halides is 3. The number of nitrogens with one attached hydrogen (secondary N) is 2. The van der Waals surface area contributed by atoms with Crippen molar-refractivity contribution in [1.29, 1.82) is 0 Å². The van der Waals surface area contributed by atoms with Gasteiger partial charge < -0.3 is 4.90 Å². The number of carbonyl (C=O) groups excluding carboxylic acids is 1. The molecule has 2 atom stereocenters. The van der Waals surface area contributed by atoms with Crippen molar-refractivity contribution in [3.05, 3.63) is 40.4 Å². The molecule has 1 aromatic heterocycles. The van der Waals surface area contributed by atoms with Crippen LogP contribution in [-0.4, -0.2) is 34.4 Å². The first kappa shape index (κ1) is 19.0. The van der Waals surface area contributed by atoms with Gasteiger partial charge in [0, 0.05) is 29.4 Å². The fourth-order valence-electron chi connectivity index (χ4n) is 4.08. The molecular formula is C20H21F3N4OS. The van der Waals surface area contributed by atoms with Crippen LogP contribution >= 0.6 is 11.3 Å². The molecular weight excluding hydrogens is 401 g/mol. The number of hydrazine groups is 1. The third-order valence-corrected chi connectivity index (χ3v) is 7.06. The molecule has 0 bridgehead atoms. The van der Waals surface area contributed by atoms with E-state index in [1.54, 1.807) is 0 Å². The van der Waals surface area contributed by atoms with Crippen LogP contribution in [0.2, 0.25) is 0 Å². The molecule has 1 aromatic carbocycles. The van der Waals surface area contributed by atoms with Crippen molar-refractivity contribution in [1.82, 2.24) is 20.7 Å². The molecule has 2 aromatic rings. The third-order valence-electron chi connectivity index (χ3n) is 5.92. The normalized spacial score (nSPS) is 24.6. The molecule has 2 fully saturated rings. The molecule has 5 nitrogen and oxygen atoms in total. The molecule has 2 N–H and O–H groups in total. The number of nitrogens with zero attached hydrogens (tertiary/aromatic N) is 2. The highest BCUT2D eigenvalue weighted by molar-refractivity contribution is 7.15. The Balaban J connectivity index is 1.28. The second kappa shape index (κ2) is 7.07. The summed E-state index contributed by atoms with van der Waals surface area (Å²) in [6.45, 7) is 1.13. The maximum atomic E-state index is 12.9. The van der Waals surface area contributed by atoms with E-state index in [0.29, 0.717) is 42.0 Å². The van der Waals surface area contributed by atoms with Gasteiger partial charge >= 0.3 is 6.18 Å². The molecule has 3 aliphatic rings. The zero-order valence-corrected chi connectivity index (χ0v) is 16.4. The molecule has 1 amide bonds. The third kappa shape index (κ3) is 3.78. The number of carbonyl (C=O) groups is 1. The number of rotatable bonds is 3. The predicted octanol–water partition coefficient (Wildman–Crippen LogP) is 3.36. The number of aromatic nitrogens is 1. The number of amides is 1. The van der Waals surface area contributed by atoms with Gasteiger partial charge in [0.1, 0.15) is 11.0 Å². The quantitative estimate of drug-likeness (QED) is 0.797. The second-order valence-electron chi connectivity index (χ2n) is 7.99. The molecule has 2 unspecified atom stereocenters. The monoisotopic (exact) mass is 422 g/mol. The van der Waals surface area contributed by atoms with Crippen LogP contribution in [-0.2, 0) is 23.9 Å². The lowest BCUT2D eigenvalue weighted by molar-refractivity contribution is -0.137.